The summed E-state index contributed by atoms with van der Waals surface area (Å²) in [5.74, 6) is -1.46. The zero-order chi connectivity index (χ0) is 17.7. The SMILES string of the molecule is O=C(O)OC1=C(C[C@@H]2OC(=O)c3ccccc32)S[C@@H]2[C@@H](CO)C(=O)N12. The molecule has 3 atom stereocenters. The summed E-state index contributed by atoms with van der Waals surface area (Å²) in [6.07, 6.45) is -1.90. The molecule has 0 radical (unpaired) electrons. The van der Waals surface area contributed by atoms with Crippen molar-refractivity contribution in [1.82, 2.24) is 4.90 Å². The molecule has 0 aliphatic carbocycles. The van der Waals surface area contributed by atoms with Gasteiger partial charge in [-0.2, -0.15) is 0 Å². The maximum Gasteiger partial charge on any atom is 0.512 e. The van der Waals surface area contributed by atoms with Crippen LogP contribution in [0.2, 0.25) is 0 Å². The van der Waals surface area contributed by atoms with E-state index in [4.69, 9.17) is 14.6 Å². The summed E-state index contributed by atoms with van der Waals surface area (Å²) in [4.78, 5) is 36.7. The number of rotatable bonds is 4. The van der Waals surface area contributed by atoms with Crippen molar-refractivity contribution in [2.75, 3.05) is 6.61 Å². The molecule has 0 bridgehead atoms. The Kier molecular flexibility index (Phi) is 3.69. The summed E-state index contributed by atoms with van der Waals surface area (Å²) in [7, 11) is 0. The number of aliphatic hydroxyl groups is 1. The molecule has 1 amide bonds. The van der Waals surface area contributed by atoms with Crippen molar-refractivity contribution in [2.45, 2.75) is 17.9 Å². The Morgan fingerprint density at radius 2 is 2.08 bits per heavy atom. The van der Waals surface area contributed by atoms with Gasteiger partial charge in [-0.15, -0.1) is 0 Å². The van der Waals surface area contributed by atoms with Gasteiger partial charge >= 0.3 is 12.1 Å². The average Bonchev–Trinajstić information content (AvgIpc) is 3.04. The first-order chi connectivity index (χ1) is 12.0. The van der Waals surface area contributed by atoms with E-state index in [1.54, 1.807) is 24.3 Å². The minimum Gasteiger partial charge on any atom is -0.453 e. The number of ether oxygens (including phenoxy) is 2. The van der Waals surface area contributed by atoms with E-state index in [-0.39, 0.29) is 24.8 Å². The Morgan fingerprint density at radius 3 is 2.80 bits per heavy atom. The van der Waals surface area contributed by atoms with Crippen LogP contribution in [0.15, 0.2) is 35.1 Å². The lowest BCUT2D eigenvalue weighted by Crippen LogP contribution is -2.58. The number of aliphatic hydroxyl groups excluding tert-OH is 1. The highest BCUT2D eigenvalue weighted by Crippen LogP contribution is 2.52. The van der Waals surface area contributed by atoms with Gasteiger partial charge in [0.1, 0.15) is 11.5 Å². The third-order valence-corrected chi connectivity index (χ3v) is 5.81. The molecule has 1 aromatic rings. The lowest BCUT2D eigenvalue weighted by Gasteiger charge is -2.40. The van der Waals surface area contributed by atoms with Crippen LogP contribution in [0.3, 0.4) is 0 Å². The molecule has 1 saturated heterocycles. The number of benzene rings is 1. The number of carbonyl (C=O) groups excluding carboxylic acids is 2. The van der Waals surface area contributed by atoms with Crippen LogP contribution in [-0.4, -0.2) is 45.1 Å². The number of esters is 1. The van der Waals surface area contributed by atoms with Gasteiger partial charge in [0.25, 0.3) is 0 Å². The summed E-state index contributed by atoms with van der Waals surface area (Å²) in [6, 6.07) is 6.97. The maximum absolute atomic E-state index is 12.1. The standard InChI is InChI=1S/C16H13NO7S/c18-6-9-12(19)17-13(24-16(21)22)11(25-14(9)17)5-10-7-3-1-2-4-8(7)15(20)23-10/h1-4,9-10,14,18H,5-6H2,(H,21,22)/t9-,10-,14+/m0/s1. The first-order valence-corrected chi connectivity index (χ1v) is 8.43. The van der Waals surface area contributed by atoms with Gasteiger partial charge in [-0.25, -0.2) is 9.59 Å². The fourth-order valence-electron chi connectivity index (χ4n) is 3.24. The molecule has 0 spiro atoms. The van der Waals surface area contributed by atoms with Gasteiger partial charge in [0.2, 0.25) is 11.8 Å². The van der Waals surface area contributed by atoms with E-state index in [0.29, 0.717) is 10.5 Å². The predicted octanol–water partition coefficient (Wildman–Crippen LogP) is 1.68. The highest BCUT2D eigenvalue weighted by Gasteiger charge is 2.56. The quantitative estimate of drug-likeness (QED) is 0.613. The number of carboxylic acid groups (broad SMARTS) is 1. The van der Waals surface area contributed by atoms with E-state index in [2.05, 4.69) is 0 Å². The number of fused-ring (bicyclic) bond motifs is 2. The van der Waals surface area contributed by atoms with Gasteiger partial charge < -0.3 is 19.7 Å². The molecule has 1 aromatic carbocycles. The first kappa shape index (κ1) is 16.0. The topological polar surface area (TPSA) is 113 Å². The molecular formula is C16H13NO7S. The second kappa shape index (κ2) is 5.78. The second-order valence-electron chi connectivity index (χ2n) is 5.79. The lowest BCUT2D eigenvalue weighted by atomic mass is 9.99. The van der Waals surface area contributed by atoms with Crippen LogP contribution in [0.4, 0.5) is 4.79 Å². The molecule has 4 rings (SSSR count). The van der Waals surface area contributed by atoms with E-state index in [1.165, 1.54) is 16.7 Å². The molecule has 3 aliphatic heterocycles. The first-order valence-electron chi connectivity index (χ1n) is 7.55. The summed E-state index contributed by atoms with van der Waals surface area (Å²) >= 11 is 1.25. The normalized spacial score (nSPS) is 26.9. The molecule has 3 heterocycles. The molecule has 0 unspecified atom stereocenters. The van der Waals surface area contributed by atoms with E-state index in [9.17, 15) is 19.5 Å². The lowest BCUT2D eigenvalue weighted by molar-refractivity contribution is -0.151. The van der Waals surface area contributed by atoms with Crippen LogP contribution in [0.5, 0.6) is 0 Å². The van der Waals surface area contributed by atoms with Crippen molar-refractivity contribution >= 4 is 29.8 Å². The molecule has 1 fully saturated rings. The molecule has 2 N–H and O–H groups in total. The molecule has 130 valence electrons. The number of amides is 1. The molecule has 9 heteroatoms. The van der Waals surface area contributed by atoms with Crippen LogP contribution in [0.25, 0.3) is 0 Å². The smallest absolute Gasteiger partial charge is 0.453 e. The largest absolute Gasteiger partial charge is 0.512 e. The minimum atomic E-state index is -1.53. The summed E-state index contributed by atoms with van der Waals surface area (Å²) in [6.45, 7) is -0.318. The fraction of sp³-hybridized carbons (Fsp3) is 0.312. The molecule has 0 aromatic heterocycles. The van der Waals surface area contributed by atoms with Gasteiger partial charge in [0.15, 0.2) is 0 Å². The van der Waals surface area contributed by atoms with Gasteiger partial charge in [0, 0.05) is 12.0 Å². The third-order valence-electron chi connectivity index (χ3n) is 4.40. The van der Waals surface area contributed by atoms with Crippen LogP contribution < -0.4 is 0 Å². The third kappa shape index (κ3) is 2.38. The molecule has 3 aliphatic rings. The fourth-order valence-corrected chi connectivity index (χ4v) is 4.69. The van der Waals surface area contributed by atoms with Crippen molar-refractivity contribution < 1.29 is 34.1 Å². The Balaban J connectivity index is 1.63. The zero-order valence-corrected chi connectivity index (χ0v) is 13.6. The van der Waals surface area contributed by atoms with Gasteiger partial charge in [-0.1, -0.05) is 30.0 Å². The molecule has 8 nitrogen and oxygen atoms in total. The summed E-state index contributed by atoms with van der Waals surface area (Å²) in [5.41, 5.74) is 1.19. The number of carbonyl (C=O) groups is 3. The maximum atomic E-state index is 12.1. The predicted molar refractivity (Wildman–Crippen MR) is 84.2 cm³/mol. The van der Waals surface area contributed by atoms with Crippen molar-refractivity contribution in [3.63, 3.8) is 0 Å². The van der Waals surface area contributed by atoms with Crippen molar-refractivity contribution in [3.8, 4) is 0 Å². The summed E-state index contributed by atoms with van der Waals surface area (Å²) in [5, 5.41) is 17.9. The average molecular weight is 363 g/mol. The Labute approximate surface area is 146 Å². The Bertz CT molecular complexity index is 820. The number of cyclic esters (lactones) is 1. The molecule has 25 heavy (non-hydrogen) atoms. The monoisotopic (exact) mass is 363 g/mol. The van der Waals surface area contributed by atoms with E-state index >= 15 is 0 Å². The van der Waals surface area contributed by atoms with Crippen molar-refractivity contribution in [3.05, 3.63) is 46.2 Å². The number of nitrogens with zero attached hydrogens (tertiary/aromatic N) is 1. The van der Waals surface area contributed by atoms with Crippen molar-refractivity contribution in [1.29, 1.82) is 0 Å². The Hall–Kier alpha value is -2.52. The van der Waals surface area contributed by atoms with Gasteiger partial charge in [-0.3, -0.25) is 9.69 Å². The number of β-lactam (4-membered cyclic amide) rings is 1. The van der Waals surface area contributed by atoms with Crippen LogP contribution in [0.1, 0.15) is 28.4 Å². The highest BCUT2D eigenvalue weighted by atomic mass is 32.2. The number of thioether (sulfide) groups is 1. The number of hydrogen-bond acceptors (Lipinski definition) is 7. The van der Waals surface area contributed by atoms with Gasteiger partial charge in [0.05, 0.1) is 23.0 Å². The van der Waals surface area contributed by atoms with Gasteiger partial charge in [-0.05, 0) is 6.07 Å². The van der Waals surface area contributed by atoms with Crippen molar-refractivity contribution in [2.24, 2.45) is 5.92 Å². The van der Waals surface area contributed by atoms with E-state index in [0.717, 1.165) is 5.56 Å². The van der Waals surface area contributed by atoms with Crippen LogP contribution in [-0.2, 0) is 14.3 Å². The Morgan fingerprint density at radius 1 is 1.32 bits per heavy atom. The minimum absolute atomic E-state index is 0.0577. The van der Waals surface area contributed by atoms with Crippen LogP contribution in [0, 0.1) is 5.92 Å². The highest BCUT2D eigenvalue weighted by molar-refractivity contribution is 8.04. The van der Waals surface area contributed by atoms with E-state index < -0.39 is 29.5 Å². The molecule has 0 saturated carbocycles. The summed E-state index contributed by atoms with van der Waals surface area (Å²) < 4.78 is 10.2. The zero-order valence-electron chi connectivity index (χ0n) is 12.7. The second-order valence-corrected chi connectivity index (χ2v) is 7.00. The molecular weight excluding hydrogens is 350 g/mol. The van der Waals surface area contributed by atoms with Crippen LogP contribution >= 0.6 is 11.8 Å². The van der Waals surface area contributed by atoms with E-state index in [1.807, 2.05) is 0 Å². The number of hydrogen-bond donors (Lipinski definition) is 2.